The summed E-state index contributed by atoms with van der Waals surface area (Å²) in [6.07, 6.45) is -1.02. The van der Waals surface area contributed by atoms with E-state index in [-0.39, 0.29) is 12.5 Å². The first-order valence-corrected chi connectivity index (χ1v) is 8.14. The van der Waals surface area contributed by atoms with Crippen molar-refractivity contribution in [3.63, 3.8) is 0 Å². The lowest BCUT2D eigenvalue weighted by atomic mass is 10.2. The Morgan fingerprint density at radius 1 is 1.04 bits per heavy atom. The smallest absolute Gasteiger partial charge is 0.376 e. The van der Waals surface area contributed by atoms with Crippen molar-refractivity contribution < 1.29 is 18.0 Å². The van der Waals surface area contributed by atoms with E-state index < -0.39 is 11.7 Å². The minimum absolute atomic E-state index is 0.0349. The van der Waals surface area contributed by atoms with Gasteiger partial charge in [0.05, 0.1) is 12.1 Å². The summed E-state index contributed by atoms with van der Waals surface area (Å²) in [5.74, 6) is 0.543. The van der Waals surface area contributed by atoms with E-state index in [0.29, 0.717) is 37.8 Å². The van der Waals surface area contributed by atoms with Crippen LogP contribution in [0.3, 0.4) is 0 Å². The van der Waals surface area contributed by atoms with Crippen LogP contribution >= 0.6 is 0 Å². The van der Waals surface area contributed by atoms with Crippen LogP contribution < -0.4 is 10.2 Å². The average molecular weight is 365 g/mol. The van der Waals surface area contributed by atoms with Crippen LogP contribution in [0.4, 0.5) is 24.8 Å². The maximum Gasteiger partial charge on any atom is 0.416 e. The SMILES string of the molecule is O=C(CNc1ccc(C(F)(F)F)cc1)N1CCN(c2ncccn2)CC1. The van der Waals surface area contributed by atoms with Gasteiger partial charge in [-0.2, -0.15) is 13.2 Å². The Balaban J connectivity index is 1.47. The number of hydrogen-bond donors (Lipinski definition) is 1. The van der Waals surface area contributed by atoms with Crippen molar-refractivity contribution in [3.8, 4) is 0 Å². The van der Waals surface area contributed by atoms with Gasteiger partial charge in [0.25, 0.3) is 0 Å². The zero-order valence-corrected chi connectivity index (χ0v) is 13.9. The molecule has 1 aliphatic heterocycles. The number of halogens is 3. The second kappa shape index (κ2) is 7.59. The Hall–Kier alpha value is -2.84. The predicted molar refractivity (Wildman–Crippen MR) is 90.8 cm³/mol. The van der Waals surface area contributed by atoms with Gasteiger partial charge in [0.2, 0.25) is 11.9 Å². The fourth-order valence-electron chi connectivity index (χ4n) is 2.68. The molecule has 138 valence electrons. The Labute approximate surface area is 148 Å². The molecule has 1 amide bonds. The van der Waals surface area contributed by atoms with Crippen LogP contribution in [0, 0.1) is 0 Å². The first-order valence-electron chi connectivity index (χ1n) is 8.14. The molecule has 1 aliphatic rings. The number of benzene rings is 1. The van der Waals surface area contributed by atoms with E-state index in [9.17, 15) is 18.0 Å². The van der Waals surface area contributed by atoms with Crippen molar-refractivity contribution in [3.05, 3.63) is 48.3 Å². The molecule has 1 aromatic carbocycles. The molecular weight excluding hydrogens is 347 g/mol. The Morgan fingerprint density at radius 3 is 2.23 bits per heavy atom. The van der Waals surface area contributed by atoms with Crippen LogP contribution in [-0.2, 0) is 11.0 Å². The maximum absolute atomic E-state index is 12.5. The van der Waals surface area contributed by atoms with Crippen LogP contribution in [0.2, 0.25) is 0 Å². The Kier molecular flexibility index (Phi) is 5.24. The summed E-state index contributed by atoms with van der Waals surface area (Å²) in [7, 11) is 0. The molecular formula is C17H18F3N5O. The van der Waals surface area contributed by atoms with Gasteiger partial charge in [0, 0.05) is 44.3 Å². The third-order valence-electron chi connectivity index (χ3n) is 4.12. The van der Waals surface area contributed by atoms with E-state index in [4.69, 9.17) is 0 Å². The minimum Gasteiger partial charge on any atom is -0.376 e. The second-order valence-corrected chi connectivity index (χ2v) is 5.85. The summed E-state index contributed by atoms with van der Waals surface area (Å²) in [4.78, 5) is 24.4. The number of piperazine rings is 1. The van der Waals surface area contributed by atoms with Crippen LogP contribution in [0.15, 0.2) is 42.7 Å². The summed E-state index contributed by atoms with van der Waals surface area (Å²) >= 11 is 0. The number of carbonyl (C=O) groups excluding carboxylic acids is 1. The van der Waals surface area contributed by atoms with Crippen molar-refractivity contribution in [1.29, 1.82) is 0 Å². The third kappa shape index (κ3) is 4.41. The molecule has 1 fully saturated rings. The van der Waals surface area contributed by atoms with Gasteiger partial charge in [-0.1, -0.05) is 0 Å². The van der Waals surface area contributed by atoms with E-state index in [1.807, 2.05) is 4.90 Å². The van der Waals surface area contributed by atoms with E-state index in [1.165, 1.54) is 12.1 Å². The number of nitrogens with zero attached hydrogens (tertiary/aromatic N) is 4. The molecule has 0 bridgehead atoms. The highest BCUT2D eigenvalue weighted by Gasteiger charge is 2.30. The zero-order valence-electron chi connectivity index (χ0n) is 13.9. The highest BCUT2D eigenvalue weighted by Crippen LogP contribution is 2.29. The molecule has 0 unspecified atom stereocenters. The summed E-state index contributed by atoms with van der Waals surface area (Å²) in [5.41, 5.74) is -0.240. The molecule has 0 radical (unpaired) electrons. The predicted octanol–water partition coefficient (Wildman–Crippen LogP) is 2.26. The van der Waals surface area contributed by atoms with E-state index in [2.05, 4.69) is 15.3 Å². The van der Waals surface area contributed by atoms with E-state index in [0.717, 1.165) is 12.1 Å². The number of nitrogens with one attached hydrogen (secondary N) is 1. The molecule has 1 saturated heterocycles. The first-order chi connectivity index (χ1) is 12.4. The van der Waals surface area contributed by atoms with Gasteiger partial charge in [0.15, 0.2) is 0 Å². The number of alkyl halides is 3. The molecule has 3 rings (SSSR count). The van der Waals surface area contributed by atoms with Gasteiger partial charge < -0.3 is 15.1 Å². The summed E-state index contributed by atoms with van der Waals surface area (Å²) in [5, 5.41) is 2.87. The third-order valence-corrected chi connectivity index (χ3v) is 4.12. The van der Waals surface area contributed by atoms with Crippen molar-refractivity contribution >= 4 is 17.5 Å². The fraction of sp³-hybridized carbons (Fsp3) is 0.353. The second-order valence-electron chi connectivity index (χ2n) is 5.85. The number of aromatic nitrogens is 2. The number of rotatable bonds is 4. The molecule has 0 atom stereocenters. The van der Waals surface area contributed by atoms with Gasteiger partial charge in [-0.25, -0.2) is 9.97 Å². The molecule has 26 heavy (non-hydrogen) atoms. The first kappa shape index (κ1) is 18.0. The summed E-state index contributed by atoms with van der Waals surface area (Å²) < 4.78 is 37.6. The molecule has 0 spiro atoms. The molecule has 1 N–H and O–H groups in total. The van der Waals surface area contributed by atoms with E-state index in [1.54, 1.807) is 23.4 Å². The topological polar surface area (TPSA) is 61.4 Å². The van der Waals surface area contributed by atoms with E-state index >= 15 is 0 Å². The molecule has 1 aromatic heterocycles. The van der Waals surface area contributed by atoms with Crippen molar-refractivity contribution in [2.45, 2.75) is 6.18 Å². The maximum atomic E-state index is 12.5. The number of carbonyl (C=O) groups is 1. The Bertz CT molecular complexity index is 728. The molecule has 0 saturated carbocycles. The molecule has 2 aromatic rings. The molecule has 2 heterocycles. The quantitative estimate of drug-likeness (QED) is 0.901. The normalized spacial score (nSPS) is 15.0. The monoisotopic (exact) mass is 365 g/mol. The van der Waals surface area contributed by atoms with Gasteiger partial charge in [0.1, 0.15) is 0 Å². The standard InChI is InChI=1S/C17H18F3N5O/c18-17(19,20)13-2-4-14(5-3-13)23-12-15(26)24-8-10-25(11-9-24)16-21-6-1-7-22-16/h1-7,23H,8-12H2. The molecule has 0 aliphatic carbocycles. The van der Waals surface area contributed by atoms with Gasteiger partial charge in [-0.15, -0.1) is 0 Å². The van der Waals surface area contributed by atoms with Gasteiger partial charge in [-0.05, 0) is 30.3 Å². The average Bonchev–Trinajstić information content (AvgIpc) is 2.66. The summed E-state index contributed by atoms with van der Waals surface area (Å²) in [6, 6.07) is 6.37. The lowest BCUT2D eigenvalue weighted by Crippen LogP contribution is -2.50. The van der Waals surface area contributed by atoms with Crippen LogP contribution in [0.1, 0.15) is 5.56 Å². The fourth-order valence-corrected chi connectivity index (χ4v) is 2.68. The van der Waals surface area contributed by atoms with Crippen molar-refractivity contribution in [2.75, 3.05) is 42.9 Å². The molecule has 6 nitrogen and oxygen atoms in total. The number of amides is 1. The van der Waals surface area contributed by atoms with Crippen molar-refractivity contribution in [1.82, 2.24) is 14.9 Å². The minimum atomic E-state index is -4.36. The number of anilines is 2. The molecule has 9 heteroatoms. The lowest BCUT2D eigenvalue weighted by Gasteiger charge is -2.34. The van der Waals surface area contributed by atoms with Crippen molar-refractivity contribution in [2.24, 2.45) is 0 Å². The van der Waals surface area contributed by atoms with Gasteiger partial charge >= 0.3 is 6.18 Å². The Morgan fingerprint density at radius 2 is 1.65 bits per heavy atom. The van der Waals surface area contributed by atoms with Gasteiger partial charge in [-0.3, -0.25) is 4.79 Å². The number of hydrogen-bond acceptors (Lipinski definition) is 5. The van der Waals surface area contributed by atoms with Crippen LogP contribution in [-0.4, -0.2) is 53.5 Å². The van der Waals surface area contributed by atoms with Crippen LogP contribution in [0.25, 0.3) is 0 Å². The summed E-state index contributed by atoms with van der Waals surface area (Å²) in [6.45, 7) is 2.40. The largest absolute Gasteiger partial charge is 0.416 e. The highest BCUT2D eigenvalue weighted by molar-refractivity contribution is 5.81. The van der Waals surface area contributed by atoms with Crippen LogP contribution in [0.5, 0.6) is 0 Å². The zero-order chi connectivity index (χ0) is 18.6. The highest BCUT2D eigenvalue weighted by atomic mass is 19.4. The lowest BCUT2D eigenvalue weighted by molar-refractivity contribution is -0.137.